The van der Waals surface area contributed by atoms with E-state index in [0.717, 1.165) is 18.8 Å². The van der Waals surface area contributed by atoms with Gasteiger partial charge in [0.2, 0.25) is 0 Å². The minimum absolute atomic E-state index is 0.288. The first-order valence-corrected chi connectivity index (χ1v) is 5.42. The van der Waals surface area contributed by atoms with Gasteiger partial charge in [0.15, 0.2) is 0 Å². The van der Waals surface area contributed by atoms with E-state index in [-0.39, 0.29) is 5.56 Å². The molecule has 2 aromatic rings. The van der Waals surface area contributed by atoms with Gasteiger partial charge < -0.3 is 14.4 Å². The molecule has 2 rings (SSSR count). The number of aromatic nitrogens is 2. The number of fused-ring (bicyclic) bond motifs is 1. The van der Waals surface area contributed by atoms with Gasteiger partial charge in [0.05, 0.1) is 17.3 Å². The number of carbonyl (C=O) groups is 1. The van der Waals surface area contributed by atoms with Crippen molar-refractivity contribution in [2.45, 2.75) is 6.42 Å². The molecule has 2 heterocycles. The first kappa shape index (κ1) is 11.6. The second-order valence-electron chi connectivity index (χ2n) is 4.21. The van der Waals surface area contributed by atoms with E-state index in [1.54, 1.807) is 18.3 Å². The molecule has 5 nitrogen and oxygen atoms in total. The molecular formula is C12H15N3O2. The second kappa shape index (κ2) is 4.55. The molecule has 0 atom stereocenters. The first-order chi connectivity index (χ1) is 8.09. The van der Waals surface area contributed by atoms with Gasteiger partial charge in [-0.1, -0.05) is 0 Å². The van der Waals surface area contributed by atoms with Crippen molar-refractivity contribution in [2.24, 2.45) is 0 Å². The van der Waals surface area contributed by atoms with E-state index in [1.165, 1.54) is 0 Å². The highest BCUT2D eigenvalue weighted by Gasteiger charge is 2.11. The molecule has 0 fully saturated rings. The van der Waals surface area contributed by atoms with Gasteiger partial charge in [-0.25, -0.2) is 9.78 Å². The summed E-state index contributed by atoms with van der Waals surface area (Å²) < 4.78 is 1.84. The van der Waals surface area contributed by atoms with Gasteiger partial charge >= 0.3 is 5.97 Å². The summed E-state index contributed by atoms with van der Waals surface area (Å²) >= 11 is 0. The van der Waals surface area contributed by atoms with Crippen LogP contribution in [0, 0.1) is 0 Å². The molecule has 17 heavy (non-hydrogen) atoms. The van der Waals surface area contributed by atoms with Crippen LogP contribution in [0.15, 0.2) is 24.5 Å². The van der Waals surface area contributed by atoms with E-state index >= 15 is 0 Å². The molecule has 0 bridgehead atoms. The van der Waals surface area contributed by atoms with Gasteiger partial charge in [-0.3, -0.25) is 0 Å². The molecule has 0 unspecified atom stereocenters. The van der Waals surface area contributed by atoms with E-state index in [9.17, 15) is 4.79 Å². The number of carboxylic acids is 1. The number of rotatable bonds is 4. The molecule has 0 aliphatic carbocycles. The summed E-state index contributed by atoms with van der Waals surface area (Å²) in [5.74, 6) is -0.0357. The van der Waals surface area contributed by atoms with Crippen molar-refractivity contribution in [3.05, 3.63) is 35.9 Å². The molecule has 1 N–H and O–H groups in total. The first-order valence-electron chi connectivity index (χ1n) is 5.42. The van der Waals surface area contributed by atoms with Crippen LogP contribution in [0.25, 0.3) is 5.52 Å². The number of hydrogen-bond acceptors (Lipinski definition) is 3. The van der Waals surface area contributed by atoms with E-state index in [4.69, 9.17) is 5.11 Å². The zero-order chi connectivity index (χ0) is 12.4. The zero-order valence-electron chi connectivity index (χ0n) is 9.92. The standard InChI is InChI=1S/C12H15N3O2/c1-14(2)7-5-11-13-8-10-9(12(16)17)4-3-6-15(10)11/h3-4,6,8H,5,7H2,1-2H3,(H,16,17). The Labute approximate surface area is 99.3 Å². The van der Waals surface area contributed by atoms with Crippen molar-refractivity contribution in [1.29, 1.82) is 0 Å². The summed E-state index contributed by atoms with van der Waals surface area (Å²) in [7, 11) is 4.00. The van der Waals surface area contributed by atoms with Crippen molar-refractivity contribution >= 4 is 11.5 Å². The maximum absolute atomic E-state index is 11.0. The largest absolute Gasteiger partial charge is 0.478 e. The molecule has 0 radical (unpaired) electrons. The molecule has 90 valence electrons. The normalized spacial score (nSPS) is 11.2. The van der Waals surface area contributed by atoms with E-state index in [2.05, 4.69) is 9.88 Å². The van der Waals surface area contributed by atoms with Gasteiger partial charge in [-0.15, -0.1) is 0 Å². The fraction of sp³-hybridized carbons (Fsp3) is 0.333. The Bertz CT molecular complexity index is 546. The summed E-state index contributed by atoms with van der Waals surface area (Å²) in [6.45, 7) is 0.885. The Balaban J connectivity index is 2.40. The van der Waals surface area contributed by atoms with E-state index < -0.39 is 5.97 Å². The third-order valence-electron chi connectivity index (χ3n) is 2.66. The van der Waals surface area contributed by atoms with Gasteiger partial charge in [-0.05, 0) is 26.2 Å². The highest BCUT2D eigenvalue weighted by atomic mass is 16.4. The SMILES string of the molecule is CN(C)CCc1ncc2c(C(=O)O)cccn12. The van der Waals surface area contributed by atoms with Crippen molar-refractivity contribution in [3.63, 3.8) is 0 Å². The van der Waals surface area contributed by atoms with Crippen LogP contribution in [0.4, 0.5) is 0 Å². The van der Waals surface area contributed by atoms with Crippen LogP contribution in [-0.2, 0) is 6.42 Å². The van der Waals surface area contributed by atoms with Gasteiger partial charge in [-0.2, -0.15) is 0 Å². The third kappa shape index (κ3) is 2.29. The number of carboxylic acid groups (broad SMARTS) is 1. The minimum atomic E-state index is -0.922. The quantitative estimate of drug-likeness (QED) is 0.860. The van der Waals surface area contributed by atoms with Crippen molar-refractivity contribution < 1.29 is 9.90 Å². The number of imidazole rings is 1. The summed E-state index contributed by atoms with van der Waals surface area (Å²) in [5.41, 5.74) is 0.935. The molecule has 0 aliphatic heterocycles. The van der Waals surface area contributed by atoms with Crippen molar-refractivity contribution in [1.82, 2.24) is 14.3 Å². The summed E-state index contributed by atoms with van der Waals surface area (Å²) in [4.78, 5) is 17.4. The molecule has 0 aliphatic rings. The maximum atomic E-state index is 11.0. The molecule has 5 heteroatoms. The number of likely N-dealkylation sites (N-methyl/N-ethyl adjacent to an activating group) is 1. The fourth-order valence-corrected chi connectivity index (χ4v) is 1.76. The number of pyridine rings is 1. The van der Waals surface area contributed by atoms with Crippen LogP contribution in [0.3, 0.4) is 0 Å². The number of hydrogen-bond donors (Lipinski definition) is 1. The second-order valence-corrected chi connectivity index (χ2v) is 4.21. The predicted octanol–water partition coefficient (Wildman–Crippen LogP) is 1.14. The lowest BCUT2D eigenvalue weighted by Gasteiger charge is -2.08. The molecule has 2 aromatic heterocycles. The Kier molecular flexibility index (Phi) is 3.10. The molecule has 0 saturated heterocycles. The Morgan fingerprint density at radius 2 is 2.29 bits per heavy atom. The van der Waals surface area contributed by atoms with Crippen molar-refractivity contribution in [3.8, 4) is 0 Å². The fourth-order valence-electron chi connectivity index (χ4n) is 1.76. The summed E-state index contributed by atoms with van der Waals surface area (Å²) in [6.07, 6.45) is 4.26. The lowest BCUT2D eigenvalue weighted by Crippen LogP contribution is -2.16. The van der Waals surface area contributed by atoms with Crippen LogP contribution in [-0.4, -0.2) is 46.0 Å². The van der Waals surface area contributed by atoms with Gasteiger partial charge in [0.25, 0.3) is 0 Å². The summed E-state index contributed by atoms with van der Waals surface area (Å²) in [6, 6.07) is 3.33. The molecular weight excluding hydrogens is 218 g/mol. The molecule has 0 spiro atoms. The maximum Gasteiger partial charge on any atom is 0.337 e. The average Bonchev–Trinajstić information content (AvgIpc) is 2.68. The smallest absolute Gasteiger partial charge is 0.337 e. The average molecular weight is 233 g/mol. The number of nitrogens with zero attached hydrogens (tertiary/aromatic N) is 3. The Hall–Kier alpha value is -1.88. The third-order valence-corrected chi connectivity index (χ3v) is 2.66. The Morgan fingerprint density at radius 1 is 1.53 bits per heavy atom. The molecule has 0 aromatic carbocycles. The van der Waals surface area contributed by atoms with Crippen LogP contribution < -0.4 is 0 Å². The number of aromatic carboxylic acids is 1. The van der Waals surface area contributed by atoms with Gasteiger partial charge in [0, 0.05) is 19.2 Å². The van der Waals surface area contributed by atoms with Gasteiger partial charge in [0.1, 0.15) is 5.82 Å². The minimum Gasteiger partial charge on any atom is -0.478 e. The summed E-state index contributed by atoms with van der Waals surface area (Å²) in [5, 5.41) is 9.06. The van der Waals surface area contributed by atoms with Crippen LogP contribution in [0.5, 0.6) is 0 Å². The highest BCUT2D eigenvalue weighted by molar-refractivity contribution is 5.95. The lowest BCUT2D eigenvalue weighted by atomic mass is 10.2. The Morgan fingerprint density at radius 3 is 2.94 bits per heavy atom. The van der Waals surface area contributed by atoms with Crippen LogP contribution in [0.2, 0.25) is 0 Å². The van der Waals surface area contributed by atoms with Crippen molar-refractivity contribution in [2.75, 3.05) is 20.6 Å². The highest BCUT2D eigenvalue weighted by Crippen LogP contribution is 2.13. The topological polar surface area (TPSA) is 57.8 Å². The molecule has 0 amide bonds. The van der Waals surface area contributed by atoms with Crippen LogP contribution >= 0.6 is 0 Å². The van der Waals surface area contributed by atoms with E-state index in [0.29, 0.717) is 5.52 Å². The lowest BCUT2D eigenvalue weighted by molar-refractivity contribution is 0.0698. The molecule has 0 saturated carbocycles. The zero-order valence-corrected chi connectivity index (χ0v) is 9.92. The monoisotopic (exact) mass is 233 g/mol. The van der Waals surface area contributed by atoms with E-state index in [1.807, 2.05) is 24.7 Å². The van der Waals surface area contributed by atoms with Crippen LogP contribution in [0.1, 0.15) is 16.2 Å². The predicted molar refractivity (Wildman–Crippen MR) is 64.4 cm³/mol.